The van der Waals surface area contributed by atoms with Crippen molar-refractivity contribution in [1.82, 2.24) is 15.2 Å². The molecule has 0 fully saturated rings. The Hall–Kier alpha value is -1.84. The predicted octanol–water partition coefficient (Wildman–Crippen LogP) is 2.02. The summed E-state index contributed by atoms with van der Waals surface area (Å²) in [6.45, 7) is 6.26. The van der Waals surface area contributed by atoms with E-state index in [-0.39, 0.29) is 11.4 Å². The lowest BCUT2D eigenvalue weighted by atomic mass is 9.83. The minimum absolute atomic E-state index is 0.210. The number of hydrogen-bond acceptors (Lipinski definition) is 3. The highest BCUT2D eigenvalue weighted by atomic mass is 15.3. The highest BCUT2D eigenvalue weighted by molar-refractivity contribution is 5.34. The second-order valence-electron chi connectivity index (χ2n) is 4.53. The molecule has 0 saturated carbocycles. The predicted molar refractivity (Wildman–Crippen MR) is 64.1 cm³/mol. The van der Waals surface area contributed by atoms with Gasteiger partial charge in [0.15, 0.2) is 0 Å². The summed E-state index contributed by atoms with van der Waals surface area (Å²) in [5.74, 6) is 1.07. The highest BCUT2D eigenvalue weighted by Gasteiger charge is 2.26. The molecule has 0 aliphatic rings. The number of H-pyrrole nitrogens is 1. The van der Waals surface area contributed by atoms with Gasteiger partial charge in [-0.2, -0.15) is 4.98 Å². The summed E-state index contributed by atoms with van der Waals surface area (Å²) in [4.78, 5) is 4.19. The molecule has 0 aliphatic carbocycles. The van der Waals surface area contributed by atoms with Crippen LogP contribution in [0, 0.1) is 6.92 Å². The Morgan fingerprint density at radius 2 is 1.81 bits per heavy atom. The summed E-state index contributed by atoms with van der Waals surface area (Å²) < 4.78 is 0. The lowest BCUT2D eigenvalue weighted by molar-refractivity contribution is 0.593. The number of hydrogen-bond donors (Lipinski definition) is 2. The van der Waals surface area contributed by atoms with Crippen molar-refractivity contribution in [2.24, 2.45) is 0 Å². The molecule has 1 aromatic heterocycles. The van der Waals surface area contributed by atoms with Crippen molar-refractivity contribution in [3.8, 4) is 0 Å². The van der Waals surface area contributed by atoms with Crippen molar-refractivity contribution in [2.45, 2.75) is 26.2 Å². The Morgan fingerprint density at radius 3 is 2.31 bits per heavy atom. The van der Waals surface area contributed by atoms with E-state index in [1.807, 2.05) is 0 Å². The molecule has 3 N–H and O–H groups in total. The van der Waals surface area contributed by atoms with E-state index in [9.17, 15) is 0 Å². The standard InChI is InChI=1S/C12H16N4/c1-8-4-6-9(7-5-8)12(2,3)10-14-11(13)16-15-10/h4-7H,1-3H3,(H3,13,14,15,16). The molecule has 0 amide bonds. The van der Waals surface area contributed by atoms with Gasteiger partial charge < -0.3 is 5.73 Å². The van der Waals surface area contributed by atoms with Crippen LogP contribution in [0.2, 0.25) is 0 Å². The average molecular weight is 216 g/mol. The van der Waals surface area contributed by atoms with Gasteiger partial charge in [0.05, 0.1) is 0 Å². The van der Waals surface area contributed by atoms with Crippen LogP contribution in [0.15, 0.2) is 24.3 Å². The average Bonchev–Trinajstić information content (AvgIpc) is 2.66. The zero-order valence-electron chi connectivity index (χ0n) is 9.78. The molecule has 0 spiro atoms. The van der Waals surface area contributed by atoms with E-state index in [1.165, 1.54) is 11.1 Å². The first-order valence-corrected chi connectivity index (χ1v) is 5.25. The second-order valence-corrected chi connectivity index (χ2v) is 4.53. The molecule has 1 heterocycles. The first-order valence-electron chi connectivity index (χ1n) is 5.25. The van der Waals surface area contributed by atoms with Crippen molar-refractivity contribution >= 4 is 5.95 Å². The monoisotopic (exact) mass is 216 g/mol. The molecule has 2 aromatic rings. The van der Waals surface area contributed by atoms with Crippen LogP contribution in [0.1, 0.15) is 30.8 Å². The van der Waals surface area contributed by atoms with Gasteiger partial charge in [-0.05, 0) is 26.3 Å². The topological polar surface area (TPSA) is 67.6 Å². The van der Waals surface area contributed by atoms with E-state index in [4.69, 9.17) is 5.73 Å². The Bertz CT molecular complexity index is 482. The van der Waals surface area contributed by atoms with Crippen LogP contribution in [-0.4, -0.2) is 15.2 Å². The molecule has 4 nitrogen and oxygen atoms in total. The molecule has 0 saturated heterocycles. The highest BCUT2D eigenvalue weighted by Crippen LogP contribution is 2.29. The molecule has 0 unspecified atom stereocenters. The Balaban J connectivity index is 2.42. The molecule has 84 valence electrons. The van der Waals surface area contributed by atoms with Crippen LogP contribution in [0.4, 0.5) is 5.95 Å². The Morgan fingerprint density at radius 1 is 1.19 bits per heavy atom. The van der Waals surface area contributed by atoms with E-state index in [1.54, 1.807) is 0 Å². The smallest absolute Gasteiger partial charge is 0.239 e. The van der Waals surface area contributed by atoms with Crippen LogP contribution in [0.3, 0.4) is 0 Å². The van der Waals surface area contributed by atoms with Gasteiger partial charge in [0.2, 0.25) is 5.95 Å². The number of aromatic amines is 1. The van der Waals surface area contributed by atoms with E-state index in [0.29, 0.717) is 0 Å². The van der Waals surface area contributed by atoms with Gasteiger partial charge in [0.1, 0.15) is 5.82 Å². The maximum atomic E-state index is 5.52. The molecule has 0 bridgehead atoms. The van der Waals surface area contributed by atoms with E-state index in [0.717, 1.165) is 5.82 Å². The van der Waals surface area contributed by atoms with E-state index >= 15 is 0 Å². The molecule has 0 radical (unpaired) electrons. The third-order valence-corrected chi connectivity index (χ3v) is 2.87. The lowest BCUT2D eigenvalue weighted by Gasteiger charge is -2.22. The SMILES string of the molecule is Cc1ccc(C(C)(C)c2nc(N)n[nH]2)cc1. The zero-order chi connectivity index (χ0) is 11.8. The minimum atomic E-state index is -0.210. The first-order chi connectivity index (χ1) is 7.50. The fourth-order valence-electron chi connectivity index (χ4n) is 1.66. The molecule has 1 aromatic carbocycles. The molecule has 0 aliphatic heterocycles. The number of nitrogens with two attached hydrogens (primary N) is 1. The van der Waals surface area contributed by atoms with Gasteiger partial charge in [-0.1, -0.05) is 29.8 Å². The van der Waals surface area contributed by atoms with Gasteiger partial charge in [-0.15, -0.1) is 5.10 Å². The summed E-state index contributed by atoms with van der Waals surface area (Å²) in [6, 6.07) is 8.40. The Labute approximate surface area is 94.9 Å². The van der Waals surface area contributed by atoms with Gasteiger partial charge in [-0.3, -0.25) is 5.10 Å². The number of nitrogen functional groups attached to an aromatic ring is 1. The van der Waals surface area contributed by atoms with E-state index < -0.39 is 0 Å². The lowest BCUT2D eigenvalue weighted by Crippen LogP contribution is -2.20. The normalized spacial score (nSPS) is 11.7. The maximum absolute atomic E-state index is 5.52. The Kier molecular flexibility index (Phi) is 2.42. The van der Waals surface area contributed by atoms with Gasteiger partial charge >= 0.3 is 0 Å². The fourth-order valence-corrected chi connectivity index (χ4v) is 1.66. The van der Waals surface area contributed by atoms with Gasteiger partial charge in [-0.25, -0.2) is 0 Å². The number of nitrogens with zero attached hydrogens (tertiary/aromatic N) is 2. The number of rotatable bonds is 2. The van der Waals surface area contributed by atoms with Crippen molar-refractivity contribution in [3.63, 3.8) is 0 Å². The van der Waals surface area contributed by atoms with Crippen molar-refractivity contribution in [2.75, 3.05) is 5.73 Å². The molecular weight excluding hydrogens is 200 g/mol. The molecule has 0 atom stereocenters. The van der Waals surface area contributed by atoms with Gasteiger partial charge in [0, 0.05) is 5.41 Å². The molecular formula is C12H16N4. The summed E-state index contributed by atoms with van der Waals surface area (Å²) in [6.07, 6.45) is 0. The third-order valence-electron chi connectivity index (χ3n) is 2.87. The van der Waals surface area contributed by atoms with Crippen LogP contribution in [0.5, 0.6) is 0 Å². The van der Waals surface area contributed by atoms with Crippen LogP contribution < -0.4 is 5.73 Å². The molecule has 4 heteroatoms. The van der Waals surface area contributed by atoms with Crippen LogP contribution >= 0.6 is 0 Å². The largest absolute Gasteiger partial charge is 0.367 e. The van der Waals surface area contributed by atoms with Crippen LogP contribution in [0.25, 0.3) is 0 Å². The minimum Gasteiger partial charge on any atom is -0.367 e. The second kappa shape index (κ2) is 3.63. The number of anilines is 1. The number of aryl methyl sites for hydroxylation is 1. The maximum Gasteiger partial charge on any atom is 0.239 e. The molecule has 16 heavy (non-hydrogen) atoms. The number of nitrogens with one attached hydrogen (secondary N) is 1. The van der Waals surface area contributed by atoms with Crippen molar-refractivity contribution < 1.29 is 0 Å². The molecule has 2 rings (SSSR count). The zero-order valence-corrected chi connectivity index (χ0v) is 9.78. The summed E-state index contributed by atoms with van der Waals surface area (Å²) in [7, 11) is 0. The van der Waals surface area contributed by atoms with Crippen molar-refractivity contribution in [3.05, 3.63) is 41.2 Å². The third kappa shape index (κ3) is 1.78. The van der Waals surface area contributed by atoms with E-state index in [2.05, 4.69) is 60.2 Å². The fraction of sp³-hybridized carbons (Fsp3) is 0.333. The quantitative estimate of drug-likeness (QED) is 0.807. The number of benzene rings is 1. The van der Waals surface area contributed by atoms with Crippen molar-refractivity contribution in [1.29, 1.82) is 0 Å². The van der Waals surface area contributed by atoms with Crippen LogP contribution in [-0.2, 0) is 5.41 Å². The number of aromatic nitrogens is 3. The first kappa shape index (κ1) is 10.7. The summed E-state index contributed by atoms with van der Waals surface area (Å²) >= 11 is 0. The van der Waals surface area contributed by atoms with Gasteiger partial charge in [0.25, 0.3) is 0 Å². The summed E-state index contributed by atoms with van der Waals surface area (Å²) in [5, 5.41) is 6.74. The summed E-state index contributed by atoms with van der Waals surface area (Å²) in [5.41, 5.74) is 7.75.